The molecule has 2 rings (SSSR count). The zero-order valence-electron chi connectivity index (χ0n) is 12.3. The second-order valence-corrected chi connectivity index (χ2v) is 5.92. The van der Waals surface area contributed by atoms with Gasteiger partial charge < -0.3 is 4.74 Å². The van der Waals surface area contributed by atoms with Crippen LogP contribution in [0, 0.1) is 5.82 Å². The van der Waals surface area contributed by atoms with Crippen molar-refractivity contribution < 1.29 is 22.3 Å². The molecule has 0 aliphatic carbocycles. The predicted molar refractivity (Wildman–Crippen MR) is 79.6 cm³/mol. The average Bonchev–Trinajstić information content (AvgIpc) is 2.46. The number of hydrogen-bond acceptors (Lipinski definition) is 4. The SMILES string of the molecule is COc1ccc([C@@H](N(C)Sc2cncc(F)c2)C(F)(F)F)cc1. The monoisotopic (exact) mass is 346 g/mol. The third kappa shape index (κ3) is 4.59. The van der Waals surface area contributed by atoms with Crippen LogP contribution in [0.4, 0.5) is 17.6 Å². The van der Waals surface area contributed by atoms with Gasteiger partial charge >= 0.3 is 6.18 Å². The number of aromatic nitrogens is 1. The molecule has 0 bridgehead atoms. The molecule has 0 amide bonds. The van der Waals surface area contributed by atoms with Crippen molar-refractivity contribution >= 4 is 11.9 Å². The van der Waals surface area contributed by atoms with E-state index in [-0.39, 0.29) is 10.5 Å². The lowest BCUT2D eigenvalue weighted by atomic mass is 10.1. The third-order valence-electron chi connectivity index (χ3n) is 3.03. The molecule has 2 aromatic rings. The van der Waals surface area contributed by atoms with Gasteiger partial charge in [0.1, 0.15) is 17.6 Å². The molecule has 0 fully saturated rings. The molecule has 124 valence electrons. The van der Waals surface area contributed by atoms with E-state index in [4.69, 9.17) is 4.74 Å². The zero-order valence-corrected chi connectivity index (χ0v) is 13.2. The lowest BCUT2D eigenvalue weighted by molar-refractivity contribution is -0.169. The third-order valence-corrected chi connectivity index (χ3v) is 3.97. The van der Waals surface area contributed by atoms with Gasteiger partial charge in [-0.2, -0.15) is 13.2 Å². The Morgan fingerprint density at radius 1 is 1.17 bits per heavy atom. The van der Waals surface area contributed by atoms with Gasteiger partial charge in [-0.3, -0.25) is 4.98 Å². The summed E-state index contributed by atoms with van der Waals surface area (Å²) in [6.07, 6.45) is -2.18. The number of methoxy groups -OCH3 is 1. The van der Waals surface area contributed by atoms with Crippen LogP contribution in [-0.2, 0) is 0 Å². The van der Waals surface area contributed by atoms with Gasteiger partial charge in [0.25, 0.3) is 0 Å². The second-order valence-electron chi connectivity index (χ2n) is 4.69. The Bertz CT molecular complexity index is 649. The Balaban J connectivity index is 2.27. The van der Waals surface area contributed by atoms with Crippen molar-refractivity contribution in [3.8, 4) is 5.75 Å². The highest BCUT2D eigenvalue weighted by atomic mass is 32.2. The van der Waals surface area contributed by atoms with E-state index in [1.807, 2.05) is 0 Å². The summed E-state index contributed by atoms with van der Waals surface area (Å²) in [7, 11) is 2.74. The Hall–Kier alpha value is -1.80. The molecule has 1 heterocycles. The van der Waals surface area contributed by atoms with Crippen molar-refractivity contribution in [2.75, 3.05) is 14.2 Å². The molecule has 0 radical (unpaired) electrons. The summed E-state index contributed by atoms with van der Waals surface area (Å²) in [4.78, 5) is 3.92. The van der Waals surface area contributed by atoms with E-state index >= 15 is 0 Å². The maximum Gasteiger partial charge on any atom is 0.408 e. The smallest absolute Gasteiger partial charge is 0.408 e. The normalized spacial score (nSPS) is 13.2. The highest BCUT2D eigenvalue weighted by Gasteiger charge is 2.44. The summed E-state index contributed by atoms with van der Waals surface area (Å²) in [5.74, 6) is -0.129. The number of rotatable bonds is 5. The maximum absolute atomic E-state index is 13.4. The van der Waals surface area contributed by atoms with Crippen molar-refractivity contribution in [3.63, 3.8) is 0 Å². The quantitative estimate of drug-likeness (QED) is 0.589. The second kappa shape index (κ2) is 7.18. The number of halogens is 4. The van der Waals surface area contributed by atoms with Crippen molar-refractivity contribution in [1.29, 1.82) is 0 Å². The molecule has 0 aliphatic rings. The van der Waals surface area contributed by atoms with E-state index < -0.39 is 18.0 Å². The molecule has 0 N–H and O–H groups in total. The van der Waals surface area contributed by atoms with E-state index in [9.17, 15) is 17.6 Å². The number of pyridine rings is 1. The van der Waals surface area contributed by atoms with Crippen molar-refractivity contribution in [3.05, 3.63) is 54.1 Å². The molecule has 0 aliphatic heterocycles. The predicted octanol–water partition coefficient (Wildman–Crippen LogP) is 4.47. The van der Waals surface area contributed by atoms with Crippen LogP contribution in [0.1, 0.15) is 11.6 Å². The number of benzene rings is 1. The van der Waals surface area contributed by atoms with Crippen LogP contribution in [0.5, 0.6) is 5.75 Å². The number of ether oxygens (including phenoxy) is 1. The minimum Gasteiger partial charge on any atom is -0.497 e. The van der Waals surface area contributed by atoms with Crippen LogP contribution in [0.15, 0.2) is 47.6 Å². The molecule has 23 heavy (non-hydrogen) atoms. The van der Waals surface area contributed by atoms with Crippen LogP contribution >= 0.6 is 11.9 Å². The summed E-state index contributed by atoms with van der Waals surface area (Å²) in [5.41, 5.74) is 0.0673. The molecule has 1 aromatic carbocycles. The van der Waals surface area contributed by atoms with Gasteiger partial charge in [-0.1, -0.05) is 12.1 Å². The van der Waals surface area contributed by atoms with Gasteiger partial charge in [-0.05, 0) is 42.8 Å². The van der Waals surface area contributed by atoms with Crippen molar-refractivity contribution in [1.82, 2.24) is 9.29 Å². The van der Waals surface area contributed by atoms with Gasteiger partial charge in [0.15, 0.2) is 0 Å². The Labute approximate surface area is 135 Å². The van der Waals surface area contributed by atoms with Crippen LogP contribution in [0.3, 0.4) is 0 Å². The van der Waals surface area contributed by atoms with Crippen LogP contribution in [0.2, 0.25) is 0 Å². The molecule has 0 saturated heterocycles. The van der Waals surface area contributed by atoms with Crippen molar-refractivity contribution in [2.24, 2.45) is 0 Å². The molecule has 1 atom stereocenters. The van der Waals surface area contributed by atoms with Gasteiger partial charge in [-0.25, -0.2) is 8.70 Å². The summed E-state index contributed by atoms with van der Waals surface area (Å²) in [6.45, 7) is 0. The molecule has 1 aromatic heterocycles. The van der Waals surface area contributed by atoms with Crippen LogP contribution < -0.4 is 4.74 Å². The average molecular weight is 346 g/mol. The van der Waals surface area contributed by atoms with Gasteiger partial charge in [0.2, 0.25) is 0 Å². The first-order valence-electron chi connectivity index (χ1n) is 6.53. The van der Waals surface area contributed by atoms with Gasteiger partial charge in [-0.15, -0.1) is 0 Å². The first-order valence-corrected chi connectivity index (χ1v) is 7.30. The summed E-state index contributed by atoms with van der Waals surface area (Å²) in [6, 6.07) is 4.94. The molecular weight excluding hydrogens is 332 g/mol. The number of alkyl halides is 3. The number of hydrogen-bond donors (Lipinski definition) is 0. The Morgan fingerprint density at radius 3 is 2.35 bits per heavy atom. The molecule has 8 heteroatoms. The fourth-order valence-corrected chi connectivity index (χ4v) is 3.00. The largest absolute Gasteiger partial charge is 0.497 e. The van der Waals surface area contributed by atoms with Crippen LogP contribution in [-0.4, -0.2) is 29.6 Å². The van der Waals surface area contributed by atoms with E-state index in [1.54, 1.807) is 0 Å². The summed E-state index contributed by atoms with van der Waals surface area (Å²) >= 11 is 0.777. The van der Waals surface area contributed by atoms with E-state index in [2.05, 4.69) is 4.98 Å². The van der Waals surface area contributed by atoms with Crippen molar-refractivity contribution in [2.45, 2.75) is 17.1 Å². The van der Waals surface area contributed by atoms with E-state index in [1.165, 1.54) is 44.6 Å². The summed E-state index contributed by atoms with van der Waals surface area (Å²) < 4.78 is 59.4. The molecule has 0 spiro atoms. The molecule has 3 nitrogen and oxygen atoms in total. The Kier molecular flexibility index (Phi) is 5.48. The van der Waals surface area contributed by atoms with E-state index in [0.717, 1.165) is 28.5 Å². The summed E-state index contributed by atoms with van der Waals surface area (Å²) in [5, 5.41) is 0. The molecule has 0 saturated carbocycles. The first kappa shape index (κ1) is 17.6. The minimum absolute atomic E-state index is 0.0673. The number of nitrogens with zero attached hydrogens (tertiary/aromatic N) is 2. The lowest BCUT2D eigenvalue weighted by Gasteiger charge is -2.29. The zero-order chi connectivity index (χ0) is 17.0. The Morgan fingerprint density at radius 2 is 1.83 bits per heavy atom. The van der Waals surface area contributed by atoms with Gasteiger partial charge in [0.05, 0.1) is 13.3 Å². The first-order chi connectivity index (χ1) is 10.8. The standard InChI is InChI=1S/C15H14F4N2OS/c1-21(23-13-7-11(16)8-20-9-13)14(15(17,18)19)10-3-5-12(22-2)6-4-10/h3-9,14H,1-2H3/t14-/m1/s1. The van der Waals surface area contributed by atoms with Crippen LogP contribution in [0.25, 0.3) is 0 Å². The molecular formula is C15H14F4N2OS. The fourth-order valence-electron chi connectivity index (χ4n) is 2.05. The molecule has 0 unspecified atom stereocenters. The fraction of sp³-hybridized carbons (Fsp3) is 0.267. The lowest BCUT2D eigenvalue weighted by Crippen LogP contribution is -2.31. The highest BCUT2D eigenvalue weighted by molar-refractivity contribution is 7.97. The highest BCUT2D eigenvalue weighted by Crippen LogP contribution is 2.41. The maximum atomic E-state index is 13.4. The topological polar surface area (TPSA) is 25.4 Å². The van der Waals surface area contributed by atoms with E-state index in [0.29, 0.717) is 5.75 Å². The minimum atomic E-state index is -4.49. The van der Waals surface area contributed by atoms with Gasteiger partial charge in [0, 0.05) is 11.1 Å².